The van der Waals surface area contributed by atoms with Crippen molar-refractivity contribution in [2.24, 2.45) is 4.99 Å². The number of aromatic nitrogens is 1. The predicted octanol–water partition coefficient (Wildman–Crippen LogP) is 3.84. The highest BCUT2D eigenvalue weighted by atomic mass is 32.2. The average molecular weight is 450 g/mol. The number of rotatable bonds is 8. The molecule has 0 spiro atoms. The van der Waals surface area contributed by atoms with Gasteiger partial charge in [0.15, 0.2) is 0 Å². The van der Waals surface area contributed by atoms with Crippen molar-refractivity contribution in [3.05, 3.63) is 29.3 Å². The molecule has 1 unspecified atom stereocenters. The van der Waals surface area contributed by atoms with Crippen LogP contribution in [0.2, 0.25) is 0 Å². The van der Waals surface area contributed by atoms with E-state index in [0.29, 0.717) is 11.0 Å². The molecule has 154 valence electrons. The quantitative estimate of drug-likeness (QED) is 0.337. The van der Waals surface area contributed by atoms with Crippen molar-refractivity contribution in [2.75, 3.05) is 38.7 Å². The summed E-state index contributed by atoms with van der Waals surface area (Å²) < 4.78 is 6.81. The van der Waals surface area contributed by atoms with Gasteiger partial charge in [-0.2, -0.15) is 0 Å². The fourth-order valence-corrected chi connectivity index (χ4v) is 5.58. The summed E-state index contributed by atoms with van der Waals surface area (Å²) in [4.78, 5) is 8.18. The molecule has 0 amide bonds. The molecule has 4 N–H and O–H groups in total. The van der Waals surface area contributed by atoms with Crippen LogP contribution in [0, 0.1) is 0 Å². The summed E-state index contributed by atoms with van der Waals surface area (Å²) in [5.74, 6) is 0.703. The van der Waals surface area contributed by atoms with Gasteiger partial charge in [-0.3, -0.25) is 4.99 Å². The van der Waals surface area contributed by atoms with Gasteiger partial charge >= 0.3 is 0 Å². The molecule has 0 radical (unpaired) electrons. The number of benzene rings is 1. The number of fused-ring (bicyclic) bond motifs is 1. The lowest BCUT2D eigenvalue weighted by Crippen LogP contribution is -2.05. The molecule has 1 aliphatic heterocycles. The first-order valence-electron chi connectivity index (χ1n) is 9.36. The number of aliphatic hydroxyl groups excluding tert-OH is 2. The van der Waals surface area contributed by atoms with Crippen molar-refractivity contribution >= 4 is 57.4 Å². The van der Waals surface area contributed by atoms with E-state index in [1.165, 1.54) is 0 Å². The Bertz CT molecular complexity index is 1040. The number of aliphatic imine (C=N–C) groups is 1. The highest BCUT2D eigenvalue weighted by Gasteiger charge is 2.24. The maximum absolute atomic E-state index is 9.26. The van der Waals surface area contributed by atoms with Gasteiger partial charge in [-0.05, 0) is 30.0 Å². The second-order valence-corrected chi connectivity index (χ2v) is 9.59. The van der Waals surface area contributed by atoms with Crippen molar-refractivity contribution < 1.29 is 14.9 Å². The number of hydrogen-bond acceptors (Lipinski definition) is 8. The van der Waals surface area contributed by atoms with E-state index in [2.05, 4.69) is 34.0 Å². The minimum atomic E-state index is -0.0538. The van der Waals surface area contributed by atoms with Gasteiger partial charge in [0.2, 0.25) is 0 Å². The van der Waals surface area contributed by atoms with Crippen LogP contribution >= 0.6 is 35.7 Å². The first kappa shape index (κ1) is 20.6. The number of H-pyrrole nitrogens is 1. The molecule has 0 bridgehead atoms. The topological polar surface area (TPSA) is 89.9 Å². The number of anilines is 1. The fraction of sp³-hybridized carbons (Fsp3) is 0.350. The van der Waals surface area contributed by atoms with E-state index >= 15 is 0 Å². The molecular weight excluding hydrogens is 426 g/mol. The molecule has 4 rings (SSSR count). The van der Waals surface area contributed by atoms with Crippen LogP contribution < -0.4 is 10.1 Å². The van der Waals surface area contributed by atoms with E-state index < -0.39 is 0 Å². The third kappa shape index (κ3) is 4.02. The van der Waals surface area contributed by atoms with E-state index in [0.717, 1.165) is 55.6 Å². The molecule has 6 nitrogen and oxygen atoms in total. The van der Waals surface area contributed by atoms with Gasteiger partial charge in [0, 0.05) is 29.9 Å². The zero-order valence-electron chi connectivity index (χ0n) is 15.9. The molecular formula is C20H23N3O3S3. The lowest BCUT2D eigenvalue weighted by Gasteiger charge is -2.16. The van der Waals surface area contributed by atoms with Gasteiger partial charge in [0.05, 0.1) is 39.8 Å². The largest absolute Gasteiger partial charge is 0.490 e. The van der Waals surface area contributed by atoms with Crippen LogP contribution in [0.3, 0.4) is 0 Å². The van der Waals surface area contributed by atoms with E-state index in [1.54, 1.807) is 23.1 Å². The minimum Gasteiger partial charge on any atom is -0.490 e. The lowest BCUT2D eigenvalue weighted by molar-refractivity contribution is 0.202. The zero-order chi connectivity index (χ0) is 20.4. The molecule has 9 heteroatoms. The molecule has 29 heavy (non-hydrogen) atoms. The van der Waals surface area contributed by atoms with Crippen LogP contribution in [0.1, 0.15) is 12.1 Å². The number of thioether (sulfide) groups is 1. The maximum atomic E-state index is 9.26. The molecule has 0 saturated carbocycles. The molecule has 2 aromatic heterocycles. The SMILES string of the molecule is CNc1c(-c2ccsc2S)c(OCCO)cc2cc(C3=NCC(CCO)S3)[nH]c12. The molecule has 1 aliphatic rings. The summed E-state index contributed by atoms with van der Waals surface area (Å²) >= 11 is 7.89. The third-order valence-corrected chi connectivity index (χ3v) is 7.36. The smallest absolute Gasteiger partial charge is 0.130 e. The predicted molar refractivity (Wildman–Crippen MR) is 125 cm³/mol. The fourth-order valence-electron chi connectivity index (χ4n) is 3.51. The van der Waals surface area contributed by atoms with E-state index in [9.17, 15) is 10.2 Å². The number of aliphatic hydroxyl groups is 2. The van der Waals surface area contributed by atoms with Crippen LogP contribution in [0.4, 0.5) is 5.69 Å². The normalized spacial score (nSPS) is 16.4. The molecule has 3 aromatic rings. The second kappa shape index (κ2) is 9.01. The number of ether oxygens (including phenoxy) is 1. The monoisotopic (exact) mass is 449 g/mol. The Hall–Kier alpha value is -1.65. The molecule has 0 saturated heterocycles. The van der Waals surface area contributed by atoms with Crippen LogP contribution in [0.25, 0.3) is 22.0 Å². The molecule has 0 fully saturated rings. The van der Waals surface area contributed by atoms with Crippen molar-refractivity contribution in [2.45, 2.75) is 15.9 Å². The molecule has 1 aromatic carbocycles. The Kier molecular flexibility index (Phi) is 6.41. The summed E-state index contributed by atoms with van der Waals surface area (Å²) in [5.41, 5.74) is 4.77. The molecule has 1 atom stereocenters. The lowest BCUT2D eigenvalue weighted by atomic mass is 10.0. The second-order valence-electron chi connectivity index (χ2n) is 6.63. The Morgan fingerprint density at radius 3 is 2.90 bits per heavy atom. The zero-order valence-corrected chi connectivity index (χ0v) is 18.5. The van der Waals surface area contributed by atoms with E-state index in [1.807, 2.05) is 24.6 Å². The molecule has 3 heterocycles. The van der Waals surface area contributed by atoms with Crippen LogP contribution in [0.15, 0.2) is 32.8 Å². The maximum Gasteiger partial charge on any atom is 0.130 e. The summed E-state index contributed by atoms with van der Waals surface area (Å²) in [6.45, 7) is 1.07. The summed E-state index contributed by atoms with van der Waals surface area (Å²) in [5, 5.41) is 26.1. The standard InChI is InChI=1S/C20H23N3O3S3/c1-21-18-16(13-3-7-28-20(13)27)15(26-6-5-25)9-11-8-14(23-17(11)18)19-22-10-12(29-19)2-4-24/h3,7-9,12,21,23-25,27H,2,4-6,10H2,1H3. The first-order valence-corrected chi connectivity index (χ1v) is 11.6. The average Bonchev–Trinajstić information content (AvgIpc) is 3.44. The minimum absolute atomic E-state index is 0.0538. The number of thiophene rings is 1. The van der Waals surface area contributed by atoms with Gasteiger partial charge in [-0.1, -0.05) is 11.8 Å². The number of hydrogen-bond donors (Lipinski definition) is 5. The first-order chi connectivity index (χ1) is 14.2. The van der Waals surface area contributed by atoms with Crippen molar-refractivity contribution in [3.63, 3.8) is 0 Å². The summed E-state index contributed by atoms with van der Waals surface area (Å²) in [7, 11) is 1.89. The van der Waals surface area contributed by atoms with Gasteiger partial charge in [-0.25, -0.2) is 0 Å². The van der Waals surface area contributed by atoms with Gasteiger partial charge in [0.1, 0.15) is 17.4 Å². The van der Waals surface area contributed by atoms with Crippen LogP contribution in [-0.2, 0) is 0 Å². The number of thiol groups is 1. The van der Waals surface area contributed by atoms with Crippen molar-refractivity contribution in [3.8, 4) is 16.9 Å². The summed E-state index contributed by atoms with van der Waals surface area (Å²) in [6, 6.07) is 6.10. The van der Waals surface area contributed by atoms with Crippen LogP contribution in [0.5, 0.6) is 5.75 Å². The van der Waals surface area contributed by atoms with Gasteiger partial charge < -0.3 is 25.3 Å². The molecule has 0 aliphatic carbocycles. The summed E-state index contributed by atoms with van der Waals surface area (Å²) in [6.07, 6.45) is 0.742. The van der Waals surface area contributed by atoms with Crippen molar-refractivity contribution in [1.29, 1.82) is 0 Å². The highest BCUT2D eigenvalue weighted by molar-refractivity contribution is 8.15. The Morgan fingerprint density at radius 1 is 1.34 bits per heavy atom. The number of nitrogens with one attached hydrogen (secondary N) is 2. The number of aromatic amines is 1. The van der Waals surface area contributed by atoms with E-state index in [4.69, 9.17) is 4.74 Å². The third-order valence-electron chi connectivity index (χ3n) is 4.79. The van der Waals surface area contributed by atoms with Gasteiger partial charge in [-0.15, -0.1) is 24.0 Å². The van der Waals surface area contributed by atoms with Gasteiger partial charge in [0.25, 0.3) is 0 Å². The Morgan fingerprint density at radius 2 is 2.21 bits per heavy atom. The Labute approximate surface area is 182 Å². The van der Waals surface area contributed by atoms with Crippen LogP contribution in [-0.4, -0.2) is 58.9 Å². The number of nitrogens with zero attached hydrogens (tertiary/aromatic N) is 1. The van der Waals surface area contributed by atoms with E-state index in [-0.39, 0.29) is 19.8 Å². The Balaban J connectivity index is 1.83. The highest BCUT2D eigenvalue weighted by Crippen LogP contribution is 2.46. The van der Waals surface area contributed by atoms with Crippen molar-refractivity contribution in [1.82, 2.24) is 4.98 Å².